The molecule has 1 saturated carbocycles. The number of oxazole rings is 1. The lowest BCUT2D eigenvalue weighted by molar-refractivity contribution is -0.143. The van der Waals surface area contributed by atoms with Crippen molar-refractivity contribution in [3.05, 3.63) is 69.2 Å². The summed E-state index contributed by atoms with van der Waals surface area (Å²) in [6.07, 6.45) is -7.39. The summed E-state index contributed by atoms with van der Waals surface area (Å²) < 4.78 is 84.5. The molecule has 1 aliphatic carbocycles. The zero-order chi connectivity index (χ0) is 29.6. The molecule has 1 unspecified atom stereocenters. The number of alkyl halides is 6. The number of aliphatic hydroxyl groups is 1. The predicted molar refractivity (Wildman–Crippen MR) is 136 cm³/mol. The van der Waals surface area contributed by atoms with Crippen LogP contribution in [0.1, 0.15) is 60.5 Å². The fourth-order valence-corrected chi connectivity index (χ4v) is 5.58. The summed E-state index contributed by atoms with van der Waals surface area (Å²) >= 11 is 0. The molecule has 2 heterocycles. The van der Waals surface area contributed by atoms with Crippen LogP contribution in [0.4, 0.5) is 26.3 Å². The van der Waals surface area contributed by atoms with E-state index in [-0.39, 0.29) is 24.1 Å². The number of β-amino-alcohol motifs (C(OH)–C–C–N with tert-alkyl or cyclic N) is 1. The molecule has 1 amide bonds. The number of carbonyl (C=O) groups excluding carboxylic acids is 1. The zero-order valence-corrected chi connectivity index (χ0v) is 21.9. The van der Waals surface area contributed by atoms with Crippen LogP contribution in [0.15, 0.2) is 45.6 Å². The average molecular weight is 586 g/mol. The number of piperidine rings is 1. The van der Waals surface area contributed by atoms with Gasteiger partial charge in [-0.25, -0.2) is 4.79 Å². The summed E-state index contributed by atoms with van der Waals surface area (Å²) in [5.74, 6) is -0.626. The Hall–Kier alpha value is -3.32. The molecule has 222 valence electrons. The van der Waals surface area contributed by atoms with Crippen LogP contribution in [0.5, 0.6) is 0 Å². The van der Waals surface area contributed by atoms with Gasteiger partial charge in [-0.2, -0.15) is 26.3 Å². The van der Waals surface area contributed by atoms with Crippen molar-refractivity contribution in [2.45, 2.75) is 57.1 Å². The number of halogens is 6. The van der Waals surface area contributed by atoms with E-state index in [0.717, 1.165) is 12.8 Å². The number of aliphatic hydroxyl groups excluding tert-OH is 1. The van der Waals surface area contributed by atoms with Crippen LogP contribution >= 0.6 is 0 Å². The minimum absolute atomic E-state index is 0.0661. The van der Waals surface area contributed by atoms with Gasteiger partial charge in [0.1, 0.15) is 0 Å². The number of rotatable bonds is 8. The lowest BCUT2D eigenvalue weighted by Crippen LogP contribution is -2.49. The molecule has 2 aliphatic rings. The number of nitrogens with zero attached hydrogens (tertiary/aromatic N) is 1. The summed E-state index contributed by atoms with van der Waals surface area (Å²) in [6, 6.07) is 6.22. The van der Waals surface area contributed by atoms with Crippen LogP contribution in [-0.2, 0) is 23.7 Å². The topological polar surface area (TPSA) is 98.6 Å². The molecule has 0 radical (unpaired) electrons. The molecule has 0 spiro atoms. The van der Waals surface area contributed by atoms with Gasteiger partial charge in [0.15, 0.2) is 5.58 Å². The summed E-state index contributed by atoms with van der Waals surface area (Å²) in [5.41, 5.74) is -2.50. The van der Waals surface area contributed by atoms with Crippen molar-refractivity contribution >= 4 is 17.0 Å². The van der Waals surface area contributed by atoms with Crippen molar-refractivity contribution in [2.24, 2.45) is 11.3 Å². The monoisotopic (exact) mass is 585 g/mol. The molecule has 7 nitrogen and oxygen atoms in total. The maximum Gasteiger partial charge on any atom is 0.417 e. The fourth-order valence-electron chi connectivity index (χ4n) is 5.58. The molecule has 1 atom stereocenters. The SMILES string of the molecule is O=C(NCc1cc(C(F)(F)F)cc(C(F)(F)F)c1)C1(CC2CC2)CCN(CC(O)c2ccc3oc(=O)[nH]c3c2)CC1. The van der Waals surface area contributed by atoms with Crippen molar-refractivity contribution < 1.29 is 40.7 Å². The Bertz CT molecular complexity index is 1430. The minimum Gasteiger partial charge on any atom is -0.408 e. The molecule has 2 fully saturated rings. The van der Waals surface area contributed by atoms with Gasteiger partial charge in [0, 0.05) is 13.1 Å². The smallest absolute Gasteiger partial charge is 0.408 e. The van der Waals surface area contributed by atoms with E-state index in [0.29, 0.717) is 67.1 Å². The van der Waals surface area contributed by atoms with Crippen LogP contribution in [0.3, 0.4) is 0 Å². The minimum atomic E-state index is -4.97. The maximum absolute atomic E-state index is 13.4. The van der Waals surface area contributed by atoms with Crippen LogP contribution in [0.25, 0.3) is 11.1 Å². The highest BCUT2D eigenvalue weighted by molar-refractivity contribution is 5.83. The van der Waals surface area contributed by atoms with E-state index in [1.54, 1.807) is 18.2 Å². The number of hydrogen-bond donors (Lipinski definition) is 3. The van der Waals surface area contributed by atoms with E-state index in [2.05, 4.69) is 10.3 Å². The van der Waals surface area contributed by atoms with Gasteiger partial charge < -0.3 is 19.7 Å². The van der Waals surface area contributed by atoms with E-state index < -0.39 is 47.3 Å². The molecule has 13 heteroatoms. The first kappa shape index (κ1) is 29.2. The Kier molecular flexibility index (Phi) is 7.70. The number of carbonyl (C=O) groups is 1. The van der Waals surface area contributed by atoms with Crippen molar-refractivity contribution in [2.75, 3.05) is 19.6 Å². The van der Waals surface area contributed by atoms with E-state index in [1.807, 2.05) is 4.90 Å². The number of hydrogen-bond acceptors (Lipinski definition) is 5. The van der Waals surface area contributed by atoms with Gasteiger partial charge in [-0.3, -0.25) is 9.78 Å². The van der Waals surface area contributed by atoms with Crippen LogP contribution in [0.2, 0.25) is 0 Å². The lowest BCUT2D eigenvalue weighted by atomic mass is 9.73. The highest BCUT2D eigenvalue weighted by Gasteiger charge is 2.45. The molecule has 1 saturated heterocycles. The number of amides is 1. The van der Waals surface area contributed by atoms with E-state index >= 15 is 0 Å². The normalized spacial score (nSPS) is 18.9. The third-order valence-electron chi connectivity index (χ3n) is 8.03. The second-order valence-electron chi connectivity index (χ2n) is 11.1. The largest absolute Gasteiger partial charge is 0.417 e. The standard InChI is InChI=1S/C28H29F6N3O4/c29-27(30,31)19-9-17(10-20(12-19)28(32,33)34)14-35-24(39)26(13-16-1-2-16)5-7-37(8-6-26)15-22(38)18-3-4-23-21(11-18)36-25(40)41-23/h3-4,9-12,16,22,38H,1-2,5-8,13-15H2,(H,35,39)(H,36,40). The Labute approximate surface area is 230 Å². The highest BCUT2D eigenvalue weighted by Crippen LogP contribution is 2.46. The van der Waals surface area contributed by atoms with E-state index in [4.69, 9.17) is 4.42 Å². The number of aromatic nitrogens is 1. The first-order chi connectivity index (χ1) is 19.2. The van der Waals surface area contributed by atoms with Gasteiger partial charge in [0.2, 0.25) is 5.91 Å². The van der Waals surface area contributed by atoms with E-state index in [9.17, 15) is 41.0 Å². The Morgan fingerprint density at radius 2 is 1.68 bits per heavy atom. The molecular weight excluding hydrogens is 556 g/mol. The van der Waals surface area contributed by atoms with Crippen LogP contribution in [0, 0.1) is 11.3 Å². The maximum atomic E-state index is 13.4. The molecule has 41 heavy (non-hydrogen) atoms. The molecule has 3 aromatic rings. The number of aromatic amines is 1. The van der Waals surface area contributed by atoms with Gasteiger partial charge in [-0.15, -0.1) is 0 Å². The molecular formula is C28H29F6N3O4. The average Bonchev–Trinajstić information content (AvgIpc) is 3.63. The fraction of sp³-hybridized carbons (Fsp3) is 0.500. The van der Waals surface area contributed by atoms with Gasteiger partial charge in [0.05, 0.1) is 28.2 Å². The number of likely N-dealkylation sites (tertiary alicyclic amines) is 1. The second kappa shape index (κ2) is 10.8. The first-order valence-corrected chi connectivity index (χ1v) is 13.3. The Morgan fingerprint density at radius 3 is 2.27 bits per heavy atom. The second-order valence-corrected chi connectivity index (χ2v) is 11.1. The summed E-state index contributed by atoms with van der Waals surface area (Å²) in [4.78, 5) is 29.4. The van der Waals surface area contributed by atoms with Crippen LogP contribution in [-0.4, -0.2) is 40.5 Å². The van der Waals surface area contributed by atoms with Crippen molar-refractivity contribution in [1.29, 1.82) is 0 Å². The summed E-state index contributed by atoms with van der Waals surface area (Å²) in [5, 5.41) is 13.4. The predicted octanol–water partition coefficient (Wildman–Crippen LogP) is 5.39. The Morgan fingerprint density at radius 1 is 1.05 bits per heavy atom. The number of fused-ring (bicyclic) bond motifs is 1. The van der Waals surface area contributed by atoms with Gasteiger partial charge in [-0.1, -0.05) is 18.9 Å². The molecule has 1 aromatic heterocycles. The third kappa shape index (κ3) is 6.78. The molecule has 2 aromatic carbocycles. The first-order valence-electron chi connectivity index (χ1n) is 13.3. The number of benzene rings is 2. The van der Waals surface area contributed by atoms with E-state index in [1.165, 1.54) is 0 Å². The Balaban J connectivity index is 1.24. The van der Waals surface area contributed by atoms with Crippen molar-refractivity contribution in [1.82, 2.24) is 15.2 Å². The summed E-state index contributed by atoms with van der Waals surface area (Å²) in [7, 11) is 0. The molecule has 5 rings (SSSR count). The third-order valence-corrected chi connectivity index (χ3v) is 8.03. The van der Waals surface area contributed by atoms with Gasteiger partial charge >= 0.3 is 18.1 Å². The number of nitrogens with one attached hydrogen (secondary N) is 2. The van der Waals surface area contributed by atoms with Gasteiger partial charge in [0.25, 0.3) is 0 Å². The van der Waals surface area contributed by atoms with Crippen molar-refractivity contribution in [3.8, 4) is 0 Å². The highest BCUT2D eigenvalue weighted by atomic mass is 19.4. The van der Waals surface area contributed by atoms with Crippen molar-refractivity contribution in [3.63, 3.8) is 0 Å². The lowest BCUT2D eigenvalue weighted by Gasteiger charge is -2.41. The molecule has 0 bridgehead atoms. The molecule has 3 N–H and O–H groups in total. The molecule has 1 aliphatic heterocycles. The quantitative estimate of drug-likeness (QED) is 0.308. The zero-order valence-electron chi connectivity index (χ0n) is 21.9. The summed E-state index contributed by atoms with van der Waals surface area (Å²) in [6.45, 7) is 0.770. The van der Waals surface area contributed by atoms with Gasteiger partial charge in [-0.05, 0) is 79.7 Å². The van der Waals surface area contributed by atoms with Crippen LogP contribution < -0.4 is 11.1 Å². The number of H-pyrrole nitrogens is 1.